The van der Waals surface area contributed by atoms with Gasteiger partial charge in [-0.05, 0) is 47.6 Å². The lowest BCUT2D eigenvalue weighted by atomic mass is 9.96. The van der Waals surface area contributed by atoms with Gasteiger partial charge in [-0.2, -0.15) is 4.98 Å². The van der Waals surface area contributed by atoms with E-state index in [9.17, 15) is 4.79 Å². The molecule has 31 heavy (non-hydrogen) atoms. The number of benzene rings is 2. The maximum absolute atomic E-state index is 12.9. The molecule has 0 fully saturated rings. The molecule has 0 unspecified atom stereocenters. The molecule has 0 saturated carbocycles. The summed E-state index contributed by atoms with van der Waals surface area (Å²) < 4.78 is 12.7. The largest absolute Gasteiger partial charge is 0.493 e. The van der Waals surface area contributed by atoms with Crippen LogP contribution in [-0.2, 0) is 19.4 Å². The standard InChI is InChI=1S/C25H29N3O3/c1-6-16-8-7-9-18(15(2)3)24(16)26-23-14-20-19-13-22(31-5)21(30-4)12-17(19)10-11-28(20)25(29)27-23/h7-9,12-15H,6,10-11H2,1-5H3,(H,26,27,29). The quantitative estimate of drug-likeness (QED) is 0.615. The second-order valence-electron chi connectivity index (χ2n) is 8.09. The number of hydrogen-bond acceptors (Lipinski definition) is 5. The number of nitrogens with zero attached hydrogens (tertiary/aromatic N) is 2. The van der Waals surface area contributed by atoms with Gasteiger partial charge >= 0.3 is 5.69 Å². The first-order chi connectivity index (χ1) is 15.0. The lowest BCUT2D eigenvalue weighted by molar-refractivity contribution is 0.354. The van der Waals surface area contributed by atoms with Crippen molar-refractivity contribution in [1.29, 1.82) is 0 Å². The Balaban J connectivity index is 1.84. The van der Waals surface area contributed by atoms with Gasteiger partial charge in [-0.15, -0.1) is 0 Å². The molecule has 0 bridgehead atoms. The molecule has 0 atom stereocenters. The van der Waals surface area contributed by atoms with Crippen LogP contribution in [0.15, 0.2) is 41.2 Å². The van der Waals surface area contributed by atoms with Gasteiger partial charge in [0, 0.05) is 23.9 Å². The number of anilines is 2. The zero-order valence-corrected chi connectivity index (χ0v) is 18.8. The minimum atomic E-state index is -0.250. The van der Waals surface area contributed by atoms with E-state index in [0.717, 1.165) is 35.3 Å². The molecule has 1 aliphatic heterocycles. The van der Waals surface area contributed by atoms with Crippen molar-refractivity contribution in [1.82, 2.24) is 9.55 Å². The summed E-state index contributed by atoms with van der Waals surface area (Å²) >= 11 is 0. The fourth-order valence-electron chi connectivity index (χ4n) is 4.28. The third-order valence-electron chi connectivity index (χ3n) is 5.94. The summed E-state index contributed by atoms with van der Waals surface area (Å²) in [5.41, 5.74) is 6.15. The molecule has 2 aromatic carbocycles. The molecule has 1 aliphatic rings. The van der Waals surface area contributed by atoms with E-state index in [1.165, 1.54) is 11.1 Å². The first-order valence-electron chi connectivity index (χ1n) is 10.7. The van der Waals surface area contributed by atoms with Crippen LogP contribution in [0.5, 0.6) is 11.5 Å². The molecular formula is C25H29N3O3. The van der Waals surface area contributed by atoms with Crippen molar-refractivity contribution in [3.05, 3.63) is 63.6 Å². The Morgan fingerprint density at radius 1 is 1.13 bits per heavy atom. The molecule has 0 aliphatic carbocycles. The summed E-state index contributed by atoms with van der Waals surface area (Å²) in [6.07, 6.45) is 1.64. The summed E-state index contributed by atoms with van der Waals surface area (Å²) in [7, 11) is 3.25. The molecule has 1 aromatic heterocycles. The minimum Gasteiger partial charge on any atom is -0.493 e. The zero-order valence-electron chi connectivity index (χ0n) is 18.8. The van der Waals surface area contributed by atoms with E-state index < -0.39 is 0 Å². The van der Waals surface area contributed by atoms with Crippen molar-refractivity contribution in [3.8, 4) is 22.8 Å². The third kappa shape index (κ3) is 3.78. The maximum Gasteiger partial charge on any atom is 0.350 e. The Kier molecular flexibility index (Phi) is 5.72. The van der Waals surface area contributed by atoms with Crippen LogP contribution in [-0.4, -0.2) is 23.8 Å². The normalized spacial score (nSPS) is 12.3. The van der Waals surface area contributed by atoms with Gasteiger partial charge < -0.3 is 14.8 Å². The van der Waals surface area contributed by atoms with Crippen molar-refractivity contribution in [2.24, 2.45) is 0 Å². The number of ether oxygens (including phenoxy) is 2. The van der Waals surface area contributed by atoms with Gasteiger partial charge in [0.1, 0.15) is 5.82 Å². The Morgan fingerprint density at radius 2 is 1.87 bits per heavy atom. The molecule has 2 heterocycles. The second-order valence-corrected chi connectivity index (χ2v) is 8.09. The molecule has 0 saturated heterocycles. The van der Waals surface area contributed by atoms with Crippen LogP contribution < -0.4 is 20.5 Å². The zero-order chi connectivity index (χ0) is 22.1. The predicted molar refractivity (Wildman–Crippen MR) is 124 cm³/mol. The Bertz CT molecular complexity index is 1180. The van der Waals surface area contributed by atoms with Crippen LogP contribution in [0.4, 0.5) is 11.5 Å². The average Bonchev–Trinajstić information content (AvgIpc) is 2.77. The molecule has 6 nitrogen and oxygen atoms in total. The van der Waals surface area contributed by atoms with Crippen molar-refractivity contribution >= 4 is 11.5 Å². The maximum atomic E-state index is 12.9. The van der Waals surface area contributed by atoms with E-state index in [0.29, 0.717) is 29.8 Å². The van der Waals surface area contributed by atoms with Gasteiger partial charge in [0.05, 0.1) is 19.9 Å². The lowest BCUT2D eigenvalue weighted by Gasteiger charge is -2.24. The van der Waals surface area contributed by atoms with Crippen molar-refractivity contribution in [3.63, 3.8) is 0 Å². The van der Waals surface area contributed by atoms with Crippen molar-refractivity contribution in [2.45, 2.75) is 46.1 Å². The molecule has 3 aromatic rings. The second kappa shape index (κ2) is 8.46. The number of fused-ring (bicyclic) bond motifs is 3. The summed E-state index contributed by atoms with van der Waals surface area (Å²) in [6, 6.07) is 12.2. The highest BCUT2D eigenvalue weighted by Gasteiger charge is 2.22. The molecule has 0 amide bonds. The molecule has 4 rings (SSSR count). The molecule has 1 N–H and O–H groups in total. The number of nitrogens with one attached hydrogen (secondary N) is 1. The third-order valence-corrected chi connectivity index (χ3v) is 5.94. The fraction of sp³-hybridized carbons (Fsp3) is 0.360. The Labute approximate surface area is 182 Å². The van der Waals surface area contributed by atoms with Crippen molar-refractivity contribution < 1.29 is 9.47 Å². The predicted octanol–water partition coefficient (Wildman–Crippen LogP) is 4.91. The van der Waals surface area contributed by atoms with E-state index in [4.69, 9.17) is 9.47 Å². The van der Waals surface area contributed by atoms with Gasteiger partial charge in [-0.25, -0.2) is 4.79 Å². The minimum absolute atomic E-state index is 0.250. The summed E-state index contributed by atoms with van der Waals surface area (Å²) in [5.74, 6) is 2.25. The number of rotatable bonds is 6. The van der Waals surface area contributed by atoms with Crippen LogP contribution in [0.1, 0.15) is 43.4 Å². The highest BCUT2D eigenvalue weighted by atomic mass is 16.5. The van der Waals surface area contributed by atoms with Crippen LogP contribution >= 0.6 is 0 Å². The van der Waals surface area contributed by atoms with Crippen molar-refractivity contribution in [2.75, 3.05) is 19.5 Å². The highest BCUT2D eigenvalue weighted by molar-refractivity contribution is 5.74. The molecule has 0 radical (unpaired) electrons. The SMILES string of the molecule is CCc1cccc(C(C)C)c1Nc1cc2n(c(=O)n1)CCc1cc(OC)c(OC)cc1-2. The van der Waals surface area contributed by atoms with Crippen LogP contribution in [0.25, 0.3) is 11.3 Å². The molecule has 162 valence electrons. The Hall–Kier alpha value is -3.28. The highest BCUT2D eigenvalue weighted by Crippen LogP contribution is 2.39. The van der Waals surface area contributed by atoms with E-state index in [1.807, 2.05) is 18.2 Å². The van der Waals surface area contributed by atoms with Gasteiger partial charge in [0.2, 0.25) is 0 Å². The number of aryl methyl sites for hydroxylation is 2. The fourth-order valence-corrected chi connectivity index (χ4v) is 4.28. The summed E-state index contributed by atoms with van der Waals surface area (Å²) in [4.78, 5) is 17.2. The molecule has 6 heteroatoms. The molecule has 0 spiro atoms. The van der Waals surface area contributed by atoms with Gasteiger partial charge in [0.25, 0.3) is 0 Å². The topological polar surface area (TPSA) is 65.4 Å². The number of aromatic nitrogens is 2. The van der Waals surface area contributed by atoms with Gasteiger partial charge in [-0.1, -0.05) is 39.0 Å². The first-order valence-corrected chi connectivity index (χ1v) is 10.7. The number of methoxy groups -OCH3 is 2. The smallest absolute Gasteiger partial charge is 0.350 e. The molecular weight excluding hydrogens is 390 g/mol. The van der Waals surface area contributed by atoms with E-state index >= 15 is 0 Å². The lowest BCUT2D eigenvalue weighted by Crippen LogP contribution is -2.29. The monoisotopic (exact) mass is 419 g/mol. The van der Waals surface area contributed by atoms with Crippen LogP contribution in [0, 0.1) is 0 Å². The number of para-hydroxylation sites is 1. The first kappa shape index (κ1) is 21.0. The summed E-state index contributed by atoms with van der Waals surface area (Å²) in [6.45, 7) is 7.07. The summed E-state index contributed by atoms with van der Waals surface area (Å²) in [5, 5.41) is 3.47. The average molecular weight is 420 g/mol. The van der Waals surface area contributed by atoms with Crippen LogP contribution in [0.2, 0.25) is 0 Å². The van der Waals surface area contributed by atoms with Gasteiger partial charge in [0.15, 0.2) is 11.5 Å². The Morgan fingerprint density at radius 3 is 2.55 bits per heavy atom. The van der Waals surface area contributed by atoms with E-state index in [-0.39, 0.29) is 5.69 Å². The van der Waals surface area contributed by atoms with Gasteiger partial charge in [-0.3, -0.25) is 4.57 Å². The van der Waals surface area contributed by atoms with E-state index in [2.05, 4.69) is 49.3 Å². The number of hydrogen-bond donors (Lipinski definition) is 1. The van der Waals surface area contributed by atoms with E-state index in [1.54, 1.807) is 18.8 Å². The van der Waals surface area contributed by atoms with Crippen LogP contribution in [0.3, 0.4) is 0 Å².